The van der Waals surface area contributed by atoms with Gasteiger partial charge in [-0.2, -0.15) is 0 Å². The normalized spacial score (nSPS) is 39.5. The van der Waals surface area contributed by atoms with Gasteiger partial charge in [-0.1, -0.05) is 13.8 Å². The highest BCUT2D eigenvalue weighted by atomic mass is 16.2. The number of hydrogen-bond donors (Lipinski definition) is 2. The van der Waals surface area contributed by atoms with Crippen molar-refractivity contribution in [3.05, 3.63) is 0 Å². The summed E-state index contributed by atoms with van der Waals surface area (Å²) in [5, 5.41) is 7.09. The van der Waals surface area contributed by atoms with Crippen molar-refractivity contribution in [3.8, 4) is 0 Å². The lowest BCUT2D eigenvalue weighted by Gasteiger charge is -2.54. The minimum atomic E-state index is 0.280. The van der Waals surface area contributed by atoms with Gasteiger partial charge < -0.3 is 10.6 Å². The van der Waals surface area contributed by atoms with E-state index in [1.54, 1.807) is 0 Å². The average Bonchev–Trinajstić information content (AvgIpc) is 2.51. The van der Waals surface area contributed by atoms with Gasteiger partial charge in [0.15, 0.2) is 0 Å². The van der Waals surface area contributed by atoms with Crippen LogP contribution in [-0.2, 0) is 4.79 Å². The van der Waals surface area contributed by atoms with Gasteiger partial charge in [0.2, 0.25) is 5.91 Å². The van der Waals surface area contributed by atoms with Crippen LogP contribution in [0.3, 0.4) is 0 Å². The van der Waals surface area contributed by atoms with Crippen LogP contribution in [0.25, 0.3) is 0 Å². The molecule has 136 valence electrons. The van der Waals surface area contributed by atoms with Gasteiger partial charge in [0, 0.05) is 31.2 Å². The van der Waals surface area contributed by atoms with E-state index in [4.69, 9.17) is 0 Å². The summed E-state index contributed by atoms with van der Waals surface area (Å²) in [7, 11) is 0. The third-order valence-electron chi connectivity index (χ3n) is 7.08. The molecule has 1 heterocycles. The first-order chi connectivity index (χ1) is 11.6. The smallest absolute Gasteiger partial charge is 0.234 e. The number of piperidine rings is 1. The predicted octanol–water partition coefficient (Wildman–Crippen LogP) is 2.39. The summed E-state index contributed by atoms with van der Waals surface area (Å²) >= 11 is 0. The molecule has 0 aromatic carbocycles. The fourth-order valence-electron chi connectivity index (χ4n) is 6.32. The molecule has 24 heavy (non-hydrogen) atoms. The third kappa shape index (κ3) is 3.65. The van der Waals surface area contributed by atoms with E-state index in [-0.39, 0.29) is 5.91 Å². The molecule has 1 amide bonds. The third-order valence-corrected chi connectivity index (χ3v) is 7.08. The van der Waals surface area contributed by atoms with Crippen molar-refractivity contribution in [2.75, 3.05) is 19.6 Å². The Bertz CT molecular complexity index is 428. The minimum absolute atomic E-state index is 0.280. The first-order valence-electron chi connectivity index (χ1n) is 10.3. The Hall–Kier alpha value is -0.610. The summed E-state index contributed by atoms with van der Waals surface area (Å²) in [6.45, 7) is 7.14. The monoisotopic (exact) mass is 333 g/mol. The van der Waals surface area contributed by atoms with Crippen molar-refractivity contribution in [3.63, 3.8) is 0 Å². The van der Waals surface area contributed by atoms with Gasteiger partial charge in [-0.3, -0.25) is 9.69 Å². The van der Waals surface area contributed by atoms with Gasteiger partial charge in [0.1, 0.15) is 0 Å². The van der Waals surface area contributed by atoms with Gasteiger partial charge in [0.05, 0.1) is 6.54 Å². The summed E-state index contributed by atoms with van der Waals surface area (Å²) in [6, 6.07) is 1.68. The van der Waals surface area contributed by atoms with Crippen LogP contribution in [0.15, 0.2) is 0 Å². The van der Waals surface area contributed by atoms with E-state index >= 15 is 0 Å². The number of amides is 1. The number of nitrogens with one attached hydrogen (secondary N) is 2. The Kier molecular flexibility index (Phi) is 4.88. The molecule has 4 nitrogen and oxygen atoms in total. The van der Waals surface area contributed by atoms with Crippen molar-refractivity contribution in [2.45, 2.75) is 76.9 Å². The molecule has 0 spiro atoms. The highest BCUT2D eigenvalue weighted by molar-refractivity contribution is 5.78. The van der Waals surface area contributed by atoms with Crippen LogP contribution in [0.2, 0.25) is 0 Å². The first kappa shape index (κ1) is 16.8. The fourth-order valence-corrected chi connectivity index (χ4v) is 6.32. The van der Waals surface area contributed by atoms with Gasteiger partial charge >= 0.3 is 0 Å². The molecule has 4 saturated carbocycles. The number of hydrogen-bond acceptors (Lipinski definition) is 3. The Morgan fingerprint density at radius 1 is 1.00 bits per heavy atom. The lowest BCUT2D eigenvalue weighted by molar-refractivity contribution is -0.126. The molecule has 0 radical (unpaired) electrons. The highest BCUT2D eigenvalue weighted by Gasteiger charge is 2.48. The Labute approximate surface area is 147 Å². The molecule has 5 fully saturated rings. The van der Waals surface area contributed by atoms with Crippen LogP contribution in [0.5, 0.6) is 0 Å². The highest BCUT2D eigenvalue weighted by Crippen LogP contribution is 2.53. The molecular weight excluding hydrogens is 298 g/mol. The summed E-state index contributed by atoms with van der Waals surface area (Å²) in [4.78, 5) is 14.9. The zero-order valence-corrected chi connectivity index (χ0v) is 15.5. The van der Waals surface area contributed by atoms with Crippen molar-refractivity contribution in [1.29, 1.82) is 0 Å². The maximum Gasteiger partial charge on any atom is 0.234 e. The average molecular weight is 334 g/mol. The van der Waals surface area contributed by atoms with Crippen LogP contribution in [0, 0.1) is 23.7 Å². The molecule has 5 rings (SSSR count). The summed E-state index contributed by atoms with van der Waals surface area (Å²) in [5.41, 5.74) is 0. The second-order valence-corrected chi connectivity index (χ2v) is 9.40. The lowest BCUT2D eigenvalue weighted by Crippen LogP contribution is -2.57. The maximum absolute atomic E-state index is 12.6. The van der Waals surface area contributed by atoms with Gasteiger partial charge in [-0.15, -0.1) is 0 Å². The number of carbonyl (C=O) groups is 1. The Balaban J connectivity index is 1.23. The molecule has 4 bridgehead atoms. The summed E-state index contributed by atoms with van der Waals surface area (Å²) in [5.74, 6) is 3.81. The molecule has 2 N–H and O–H groups in total. The van der Waals surface area contributed by atoms with Crippen molar-refractivity contribution >= 4 is 5.91 Å². The van der Waals surface area contributed by atoms with Gasteiger partial charge in [-0.25, -0.2) is 0 Å². The lowest BCUT2D eigenvalue weighted by atomic mass is 9.54. The zero-order valence-electron chi connectivity index (χ0n) is 15.5. The first-order valence-corrected chi connectivity index (χ1v) is 10.3. The van der Waals surface area contributed by atoms with Crippen molar-refractivity contribution < 1.29 is 4.79 Å². The molecule has 0 aromatic rings. The molecule has 5 aliphatic rings. The van der Waals surface area contributed by atoms with Crippen LogP contribution in [0.4, 0.5) is 0 Å². The quantitative estimate of drug-likeness (QED) is 0.812. The summed E-state index contributed by atoms with van der Waals surface area (Å²) in [6.07, 6.45) is 9.34. The van der Waals surface area contributed by atoms with E-state index in [0.29, 0.717) is 24.7 Å². The largest absolute Gasteiger partial charge is 0.352 e. The second kappa shape index (κ2) is 6.95. The number of nitrogens with zero attached hydrogens (tertiary/aromatic N) is 1. The maximum atomic E-state index is 12.6. The Morgan fingerprint density at radius 2 is 1.58 bits per heavy atom. The van der Waals surface area contributed by atoms with Gasteiger partial charge in [0.25, 0.3) is 0 Å². The van der Waals surface area contributed by atoms with Crippen LogP contribution in [-0.4, -0.2) is 48.6 Å². The van der Waals surface area contributed by atoms with Gasteiger partial charge in [-0.05, 0) is 68.6 Å². The minimum Gasteiger partial charge on any atom is -0.352 e. The van der Waals surface area contributed by atoms with E-state index in [9.17, 15) is 4.79 Å². The van der Waals surface area contributed by atoms with E-state index in [2.05, 4.69) is 29.4 Å². The standard InChI is InChI=1S/C20H35N3O/c1-13(2)21-18-3-5-23(6-4-18)12-19(24)22-20-16-8-14-7-15(10-16)11-17(20)9-14/h13-18,20-21H,3-12H2,1-2H3,(H,22,24). The molecular formula is C20H35N3O. The van der Waals surface area contributed by atoms with E-state index in [1.807, 2.05) is 0 Å². The molecule has 1 aliphatic heterocycles. The number of carbonyl (C=O) groups excluding carboxylic acids is 1. The number of likely N-dealkylation sites (tertiary alicyclic amines) is 1. The van der Waals surface area contributed by atoms with E-state index in [0.717, 1.165) is 36.8 Å². The van der Waals surface area contributed by atoms with Crippen LogP contribution >= 0.6 is 0 Å². The molecule has 4 aliphatic carbocycles. The predicted molar refractivity (Wildman–Crippen MR) is 96.7 cm³/mol. The molecule has 1 saturated heterocycles. The number of rotatable bonds is 5. The Morgan fingerprint density at radius 3 is 2.12 bits per heavy atom. The van der Waals surface area contributed by atoms with E-state index in [1.165, 1.54) is 44.9 Å². The molecule has 0 aromatic heterocycles. The van der Waals surface area contributed by atoms with Crippen LogP contribution in [0.1, 0.15) is 58.8 Å². The van der Waals surface area contributed by atoms with Crippen molar-refractivity contribution in [2.24, 2.45) is 23.7 Å². The molecule has 0 unspecified atom stereocenters. The topological polar surface area (TPSA) is 44.4 Å². The molecule has 0 atom stereocenters. The fraction of sp³-hybridized carbons (Fsp3) is 0.950. The summed E-state index contributed by atoms with van der Waals surface area (Å²) < 4.78 is 0. The van der Waals surface area contributed by atoms with Crippen molar-refractivity contribution in [1.82, 2.24) is 15.5 Å². The van der Waals surface area contributed by atoms with E-state index < -0.39 is 0 Å². The molecule has 4 heteroatoms. The van der Waals surface area contributed by atoms with Crippen LogP contribution < -0.4 is 10.6 Å². The zero-order chi connectivity index (χ0) is 16.7. The SMILES string of the molecule is CC(C)NC1CCN(CC(=O)NC2C3CC4CC(C3)CC2C4)CC1. The second-order valence-electron chi connectivity index (χ2n) is 9.40.